The zero-order valence-corrected chi connectivity index (χ0v) is 11.6. The summed E-state index contributed by atoms with van der Waals surface area (Å²) in [4.78, 5) is 15.9. The number of carbonyl (C=O) groups is 1. The van der Waals surface area contributed by atoms with Crippen LogP contribution in [0.15, 0.2) is 35.8 Å². The average molecular weight is 297 g/mol. The Hall–Kier alpha value is -1.82. The summed E-state index contributed by atoms with van der Waals surface area (Å²) in [7, 11) is 0. The van der Waals surface area contributed by atoms with Gasteiger partial charge in [0, 0.05) is 5.56 Å². The van der Waals surface area contributed by atoms with E-state index < -0.39 is 18.3 Å². The molecule has 6 heteroatoms. The number of aromatic nitrogens is 1. The van der Waals surface area contributed by atoms with Crippen molar-refractivity contribution >= 4 is 17.3 Å². The topological polar surface area (TPSA) is 39.2 Å². The summed E-state index contributed by atoms with van der Waals surface area (Å²) in [5, 5.41) is 0. The van der Waals surface area contributed by atoms with Gasteiger partial charge in [0.2, 0.25) is 0 Å². The fraction of sp³-hybridized carbons (Fsp3) is 0.286. The molecule has 0 spiro atoms. The molecule has 0 radical (unpaired) electrons. The largest absolute Gasteiger partial charge is 0.461 e. The minimum atomic E-state index is -3.01. The molecule has 0 aliphatic rings. The molecule has 0 bridgehead atoms. The lowest BCUT2D eigenvalue weighted by Gasteiger charge is -2.16. The Morgan fingerprint density at radius 2 is 2.05 bits per heavy atom. The number of hydrogen-bond donors (Lipinski definition) is 0. The summed E-state index contributed by atoms with van der Waals surface area (Å²) >= 11 is 1.14. The molecule has 106 valence electrons. The first-order valence-corrected chi connectivity index (χ1v) is 6.89. The number of benzene rings is 1. The van der Waals surface area contributed by atoms with E-state index in [1.807, 2.05) is 0 Å². The van der Waals surface area contributed by atoms with Crippen LogP contribution in [0.5, 0.6) is 0 Å². The van der Waals surface area contributed by atoms with Crippen molar-refractivity contribution in [2.45, 2.75) is 19.3 Å². The Morgan fingerprint density at radius 3 is 2.65 bits per heavy atom. The molecule has 0 aliphatic heterocycles. The number of thiazole rings is 1. The molecule has 0 fully saturated rings. The first-order chi connectivity index (χ1) is 9.50. The fourth-order valence-electron chi connectivity index (χ4n) is 1.66. The highest BCUT2D eigenvalue weighted by molar-refractivity contribution is 7.11. The third-order valence-electron chi connectivity index (χ3n) is 2.78. The number of hydrogen-bond acceptors (Lipinski definition) is 4. The number of rotatable bonds is 5. The van der Waals surface area contributed by atoms with Crippen molar-refractivity contribution in [2.75, 3.05) is 6.61 Å². The molecule has 1 aromatic heterocycles. The lowest BCUT2D eigenvalue weighted by molar-refractivity contribution is -0.0323. The van der Waals surface area contributed by atoms with Gasteiger partial charge in [-0.2, -0.15) is 0 Å². The van der Waals surface area contributed by atoms with E-state index in [0.29, 0.717) is 10.6 Å². The second kappa shape index (κ2) is 6.09. The van der Waals surface area contributed by atoms with Crippen molar-refractivity contribution in [2.24, 2.45) is 0 Å². The molecule has 3 nitrogen and oxygen atoms in total. The summed E-state index contributed by atoms with van der Waals surface area (Å²) < 4.78 is 32.5. The van der Waals surface area contributed by atoms with Crippen LogP contribution in [-0.4, -0.2) is 17.6 Å². The first-order valence-electron chi connectivity index (χ1n) is 6.01. The fourth-order valence-corrected chi connectivity index (χ4v) is 2.36. The minimum Gasteiger partial charge on any atom is -0.461 e. The van der Waals surface area contributed by atoms with Gasteiger partial charge in [-0.05, 0) is 6.92 Å². The number of carbonyl (C=O) groups excluding carboxylic acids is 1. The smallest absolute Gasteiger partial charge is 0.350 e. The number of aryl methyl sites for hydroxylation is 1. The molecule has 1 aromatic carbocycles. The van der Waals surface area contributed by atoms with Crippen LogP contribution >= 0.6 is 11.3 Å². The predicted octanol–water partition coefficient (Wildman–Crippen LogP) is 3.79. The summed E-state index contributed by atoms with van der Waals surface area (Å²) in [6, 6.07) is 7.49. The van der Waals surface area contributed by atoms with Gasteiger partial charge in [0.25, 0.3) is 5.92 Å². The average Bonchev–Trinajstić information content (AvgIpc) is 2.86. The molecule has 0 saturated carbocycles. The highest BCUT2D eigenvalue weighted by atomic mass is 32.1. The molecule has 0 atom stereocenters. The molecule has 0 unspecified atom stereocenters. The van der Waals surface area contributed by atoms with Crippen LogP contribution in [0.25, 0.3) is 0 Å². The molecule has 0 saturated heterocycles. The number of ether oxygens (including phenoxy) is 1. The normalized spacial score (nSPS) is 11.3. The Labute approximate surface area is 119 Å². The maximum absolute atomic E-state index is 13.8. The Kier molecular flexibility index (Phi) is 4.44. The standard InChI is InChI=1S/C14H13F2NO2S/c1-10-12(20-9-17-10)13(18)19-8-7-14(15,16)11-5-3-2-4-6-11/h2-6,9H,7-8H2,1H3. The van der Waals surface area contributed by atoms with E-state index in [-0.39, 0.29) is 12.2 Å². The van der Waals surface area contributed by atoms with Crippen LogP contribution in [0, 0.1) is 6.92 Å². The van der Waals surface area contributed by atoms with Gasteiger partial charge in [-0.15, -0.1) is 11.3 Å². The van der Waals surface area contributed by atoms with Crippen molar-refractivity contribution in [3.05, 3.63) is 52.0 Å². The summed E-state index contributed by atoms with van der Waals surface area (Å²) in [6.45, 7) is 1.34. The number of alkyl halides is 2. The van der Waals surface area contributed by atoms with E-state index in [1.165, 1.54) is 17.6 Å². The number of halogens is 2. The molecule has 1 heterocycles. The van der Waals surface area contributed by atoms with Crippen LogP contribution in [0.2, 0.25) is 0 Å². The van der Waals surface area contributed by atoms with Crippen LogP contribution in [0.1, 0.15) is 27.3 Å². The van der Waals surface area contributed by atoms with E-state index in [2.05, 4.69) is 4.98 Å². The van der Waals surface area contributed by atoms with E-state index in [0.717, 1.165) is 11.3 Å². The highest BCUT2D eigenvalue weighted by Gasteiger charge is 2.31. The van der Waals surface area contributed by atoms with Gasteiger partial charge >= 0.3 is 5.97 Å². The van der Waals surface area contributed by atoms with E-state index in [4.69, 9.17) is 4.74 Å². The van der Waals surface area contributed by atoms with Crippen molar-refractivity contribution in [3.63, 3.8) is 0 Å². The van der Waals surface area contributed by atoms with Gasteiger partial charge in [0.05, 0.1) is 24.2 Å². The molecule has 2 aromatic rings. The molecular formula is C14H13F2NO2S. The van der Waals surface area contributed by atoms with Gasteiger partial charge in [-0.3, -0.25) is 0 Å². The zero-order valence-electron chi connectivity index (χ0n) is 10.8. The molecule has 0 amide bonds. The van der Waals surface area contributed by atoms with Crippen LogP contribution < -0.4 is 0 Å². The van der Waals surface area contributed by atoms with E-state index >= 15 is 0 Å². The third kappa shape index (κ3) is 3.39. The quantitative estimate of drug-likeness (QED) is 0.788. The third-order valence-corrected chi connectivity index (χ3v) is 3.68. The van der Waals surface area contributed by atoms with Crippen molar-refractivity contribution in [1.82, 2.24) is 4.98 Å². The highest BCUT2D eigenvalue weighted by Crippen LogP contribution is 2.31. The molecular weight excluding hydrogens is 284 g/mol. The maximum Gasteiger partial charge on any atom is 0.350 e. The summed E-state index contributed by atoms with van der Waals surface area (Å²) in [5.41, 5.74) is 1.99. The number of nitrogens with zero attached hydrogens (tertiary/aromatic N) is 1. The first kappa shape index (κ1) is 14.6. The van der Waals surface area contributed by atoms with Crippen molar-refractivity contribution in [3.8, 4) is 0 Å². The Morgan fingerprint density at radius 1 is 1.35 bits per heavy atom. The van der Waals surface area contributed by atoms with Gasteiger partial charge in [-0.1, -0.05) is 30.3 Å². The maximum atomic E-state index is 13.8. The molecule has 0 aliphatic carbocycles. The minimum absolute atomic E-state index is 0.0787. The van der Waals surface area contributed by atoms with Gasteiger partial charge in [-0.25, -0.2) is 18.6 Å². The Bertz CT molecular complexity index is 584. The SMILES string of the molecule is Cc1ncsc1C(=O)OCCC(F)(F)c1ccccc1. The van der Waals surface area contributed by atoms with Crippen LogP contribution in [0.3, 0.4) is 0 Å². The molecule has 0 N–H and O–H groups in total. The van der Waals surface area contributed by atoms with E-state index in [9.17, 15) is 13.6 Å². The molecule has 20 heavy (non-hydrogen) atoms. The Balaban J connectivity index is 1.90. The number of esters is 1. The van der Waals surface area contributed by atoms with Gasteiger partial charge in [0.1, 0.15) is 4.88 Å². The summed E-state index contributed by atoms with van der Waals surface area (Å²) in [6.07, 6.45) is -0.541. The lowest BCUT2D eigenvalue weighted by Crippen LogP contribution is -2.18. The van der Waals surface area contributed by atoms with Crippen LogP contribution in [0.4, 0.5) is 8.78 Å². The monoisotopic (exact) mass is 297 g/mol. The predicted molar refractivity (Wildman–Crippen MR) is 72.1 cm³/mol. The summed E-state index contributed by atoms with van der Waals surface area (Å²) in [5.74, 6) is -3.61. The zero-order chi connectivity index (χ0) is 14.6. The van der Waals surface area contributed by atoms with Crippen molar-refractivity contribution in [1.29, 1.82) is 0 Å². The second-order valence-electron chi connectivity index (χ2n) is 4.22. The molecule has 2 rings (SSSR count). The van der Waals surface area contributed by atoms with Gasteiger partial charge < -0.3 is 4.74 Å². The van der Waals surface area contributed by atoms with E-state index in [1.54, 1.807) is 25.1 Å². The van der Waals surface area contributed by atoms with Crippen LogP contribution in [-0.2, 0) is 10.7 Å². The van der Waals surface area contributed by atoms with Gasteiger partial charge in [0.15, 0.2) is 0 Å². The second-order valence-corrected chi connectivity index (χ2v) is 5.08. The van der Waals surface area contributed by atoms with Crippen molar-refractivity contribution < 1.29 is 18.3 Å². The lowest BCUT2D eigenvalue weighted by atomic mass is 10.1.